The molecule has 1 heterocycles. The van der Waals surface area contributed by atoms with E-state index in [-0.39, 0.29) is 12.7 Å². The van der Waals surface area contributed by atoms with Crippen LogP contribution >= 0.6 is 0 Å². The summed E-state index contributed by atoms with van der Waals surface area (Å²) in [5.74, 6) is 0. The molecule has 1 saturated heterocycles. The first-order valence-electron chi connectivity index (χ1n) is 7.23. The first-order chi connectivity index (χ1) is 9.13. The molecule has 3 N–H and O–H groups in total. The fourth-order valence-corrected chi connectivity index (χ4v) is 1.97. The summed E-state index contributed by atoms with van der Waals surface area (Å²) in [7, 11) is 0. The number of aliphatic hydroxyl groups excluding tert-OH is 1. The second kappa shape index (κ2) is 6.74. The van der Waals surface area contributed by atoms with Gasteiger partial charge in [-0.1, -0.05) is 0 Å². The maximum Gasteiger partial charge on any atom is 0.410 e. The van der Waals surface area contributed by atoms with Gasteiger partial charge in [0.05, 0.1) is 6.61 Å². The molecule has 0 aliphatic carbocycles. The zero-order valence-corrected chi connectivity index (χ0v) is 13.2. The van der Waals surface area contributed by atoms with Crippen molar-refractivity contribution in [2.45, 2.75) is 45.3 Å². The van der Waals surface area contributed by atoms with Crippen molar-refractivity contribution in [3.05, 3.63) is 0 Å². The number of piperazine rings is 1. The van der Waals surface area contributed by atoms with Gasteiger partial charge < -0.3 is 20.5 Å². The molecule has 0 spiro atoms. The van der Waals surface area contributed by atoms with Crippen LogP contribution < -0.4 is 5.73 Å². The zero-order chi connectivity index (χ0) is 15.4. The number of carbonyl (C=O) groups is 1. The van der Waals surface area contributed by atoms with Gasteiger partial charge in [-0.3, -0.25) is 4.90 Å². The quantitative estimate of drug-likeness (QED) is 0.793. The Morgan fingerprint density at radius 3 is 2.20 bits per heavy atom. The Kier molecular flexibility index (Phi) is 5.79. The van der Waals surface area contributed by atoms with Crippen molar-refractivity contribution in [1.29, 1.82) is 0 Å². The molecule has 0 saturated carbocycles. The number of hydrogen-bond donors (Lipinski definition) is 2. The third-order valence-corrected chi connectivity index (χ3v) is 3.38. The maximum absolute atomic E-state index is 11.9. The number of ether oxygens (including phenoxy) is 1. The van der Waals surface area contributed by atoms with Gasteiger partial charge in [0.15, 0.2) is 0 Å². The first-order valence-corrected chi connectivity index (χ1v) is 7.23. The number of amides is 1. The van der Waals surface area contributed by atoms with Gasteiger partial charge in [0.1, 0.15) is 5.60 Å². The first kappa shape index (κ1) is 17.2. The van der Waals surface area contributed by atoms with Crippen LogP contribution in [0.5, 0.6) is 0 Å². The van der Waals surface area contributed by atoms with Crippen molar-refractivity contribution in [2.24, 2.45) is 5.73 Å². The van der Waals surface area contributed by atoms with Gasteiger partial charge in [0.25, 0.3) is 0 Å². The second-order valence-corrected chi connectivity index (χ2v) is 6.87. The number of aliphatic hydroxyl groups is 1. The number of nitrogens with two attached hydrogens (primary N) is 1. The van der Waals surface area contributed by atoms with Crippen LogP contribution in [0.15, 0.2) is 0 Å². The zero-order valence-electron chi connectivity index (χ0n) is 13.2. The molecule has 0 radical (unpaired) electrons. The summed E-state index contributed by atoms with van der Waals surface area (Å²) in [6.45, 7) is 11.3. The SMILES string of the molecule is CC(N)(CO)CCN1CCN(C(=O)OC(C)(C)C)CC1. The predicted octanol–water partition coefficient (Wildman–Crippen LogP) is 0.639. The van der Waals surface area contributed by atoms with E-state index in [1.165, 1.54) is 0 Å². The molecule has 6 nitrogen and oxygen atoms in total. The van der Waals surface area contributed by atoms with Crippen LogP contribution in [0, 0.1) is 0 Å². The van der Waals surface area contributed by atoms with Crippen molar-refractivity contribution >= 4 is 6.09 Å². The van der Waals surface area contributed by atoms with Crippen molar-refractivity contribution in [3.63, 3.8) is 0 Å². The van der Waals surface area contributed by atoms with Gasteiger partial charge in [-0.15, -0.1) is 0 Å². The van der Waals surface area contributed by atoms with E-state index < -0.39 is 11.1 Å². The van der Waals surface area contributed by atoms with Crippen molar-refractivity contribution in [1.82, 2.24) is 9.80 Å². The average molecular weight is 287 g/mol. The van der Waals surface area contributed by atoms with Crippen LogP contribution in [0.3, 0.4) is 0 Å². The molecule has 1 rings (SSSR count). The van der Waals surface area contributed by atoms with Crippen LogP contribution in [-0.2, 0) is 4.74 Å². The lowest BCUT2D eigenvalue weighted by Gasteiger charge is -2.36. The summed E-state index contributed by atoms with van der Waals surface area (Å²) >= 11 is 0. The summed E-state index contributed by atoms with van der Waals surface area (Å²) in [6, 6.07) is 0. The molecule has 0 aromatic heterocycles. The highest BCUT2D eigenvalue weighted by atomic mass is 16.6. The van der Waals surface area contributed by atoms with Crippen molar-refractivity contribution in [2.75, 3.05) is 39.3 Å². The highest BCUT2D eigenvalue weighted by Gasteiger charge is 2.26. The Balaban J connectivity index is 2.31. The minimum absolute atomic E-state index is 0.00905. The van der Waals surface area contributed by atoms with Crippen LogP contribution in [0.1, 0.15) is 34.1 Å². The topological polar surface area (TPSA) is 79.0 Å². The van der Waals surface area contributed by atoms with Crippen LogP contribution in [0.2, 0.25) is 0 Å². The number of carbonyl (C=O) groups excluding carboxylic acids is 1. The lowest BCUT2D eigenvalue weighted by atomic mass is 10.0. The smallest absolute Gasteiger partial charge is 0.410 e. The third kappa shape index (κ3) is 6.07. The average Bonchev–Trinajstić information content (AvgIpc) is 2.35. The van der Waals surface area contributed by atoms with E-state index in [9.17, 15) is 4.79 Å². The highest BCUT2D eigenvalue weighted by Crippen LogP contribution is 2.13. The Hall–Kier alpha value is -0.850. The lowest BCUT2D eigenvalue weighted by Crippen LogP contribution is -2.51. The molecular formula is C14H29N3O3. The molecule has 1 aliphatic rings. The summed E-state index contributed by atoms with van der Waals surface area (Å²) < 4.78 is 5.36. The summed E-state index contributed by atoms with van der Waals surface area (Å²) in [5, 5.41) is 9.13. The highest BCUT2D eigenvalue weighted by molar-refractivity contribution is 5.68. The molecule has 0 aromatic rings. The Morgan fingerprint density at radius 1 is 1.20 bits per heavy atom. The van der Waals surface area contributed by atoms with E-state index in [2.05, 4.69) is 4.90 Å². The molecule has 0 bridgehead atoms. The molecule has 20 heavy (non-hydrogen) atoms. The fourth-order valence-electron chi connectivity index (χ4n) is 1.97. The van der Waals surface area contributed by atoms with Crippen LogP contribution in [0.4, 0.5) is 4.79 Å². The van der Waals surface area contributed by atoms with Crippen molar-refractivity contribution in [3.8, 4) is 0 Å². The number of hydrogen-bond acceptors (Lipinski definition) is 5. The van der Waals surface area contributed by atoms with Crippen molar-refractivity contribution < 1.29 is 14.6 Å². The van der Waals surface area contributed by atoms with Gasteiger partial charge in [-0.2, -0.15) is 0 Å². The standard InChI is InChI=1S/C14H29N3O3/c1-13(2,3)20-12(19)17-9-7-16(8-10-17)6-5-14(4,15)11-18/h18H,5-11,15H2,1-4H3. The molecule has 1 atom stereocenters. The molecular weight excluding hydrogens is 258 g/mol. The van der Waals surface area contributed by atoms with Crippen LogP contribution in [0.25, 0.3) is 0 Å². The summed E-state index contributed by atoms with van der Waals surface area (Å²) in [6.07, 6.45) is 0.506. The van der Waals surface area contributed by atoms with Gasteiger partial charge in [-0.05, 0) is 34.1 Å². The maximum atomic E-state index is 11.9. The van der Waals surface area contributed by atoms with E-state index in [1.807, 2.05) is 27.7 Å². The third-order valence-electron chi connectivity index (χ3n) is 3.38. The number of rotatable bonds is 4. The van der Waals surface area contributed by atoms with Gasteiger partial charge >= 0.3 is 6.09 Å². The normalized spacial score (nSPS) is 20.6. The minimum Gasteiger partial charge on any atom is -0.444 e. The Bertz CT molecular complexity index is 318. The summed E-state index contributed by atoms with van der Waals surface area (Å²) in [5.41, 5.74) is 4.94. The van der Waals surface area contributed by atoms with E-state index in [0.29, 0.717) is 13.1 Å². The van der Waals surface area contributed by atoms with Gasteiger partial charge in [-0.25, -0.2) is 4.79 Å². The van der Waals surface area contributed by atoms with E-state index >= 15 is 0 Å². The minimum atomic E-state index is -0.525. The predicted molar refractivity (Wildman–Crippen MR) is 78.5 cm³/mol. The van der Waals surface area contributed by atoms with E-state index in [4.69, 9.17) is 15.6 Å². The fraction of sp³-hybridized carbons (Fsp3) is 0.929. The molecule has 1 aliphatic heterocycles. The Morgan fingerprint density at radius 2 is 1.75 bits per heavy atom. The summed E-state index contributed by atoms with van der Waals surface area (Å²) in [4.78, 5) is 15.9. The van der Waals surface area contributed by atoms with Gasteiger partial charge in [0.2, 0.25) is 0 Å². The molecule has 1 amide bonds. The lowest BCUT2D eigenvalue weighted by molar-refractivity contribution is 0.0138. The molecule has 118 valence electrons. The Labute approximate surface area is 121 Å². The second-order valence-electron chi connectivity index (χ2n) is 6.87. The largest absolute Gasteiger partial charge is 0.444 e. The van der Waals surface area contributed by atoms with E-state index in [1.54, 1.807) is 4.90 Å². The molecule has 0 aromatic carbocycles. The van der Waals surface area contributed by atoms with E-state index in [0.717, 1.165) is 26.1 Å². The molecule has 1 fully saturated rings. The molecule has 1 unspecified atom stereocenters. The monoisotopic (exact) mass is 287 g/mol. The van der Waals surface area contributed by atoms with Gasteiger partial charge in [0, 0.05) is 38.3 Å². The molecule has 6 heteroatoms. The number of nitrogens with zero attached hydrogens (tertiary/aromatic N) is 2. The van der Waals surface area contributed by atoms with Crippen LogP contribution in [-0.4, -0.2) is 71.5 Å².